The molecule has 0 aliphatic carbocycles. The van der Waals surface area contributed by atoms with Gasteiger partial charge < -0.3 is 14.2 Å². The van der Waals surface area contributed by atoms with Crippen LogP contribution in [0.15, 0.2) is 146 Å². The van der Waals surface area contributed by atoms with Crippen molar-refractivity contribution in [2.45, 2.75) is 309 Å². The molecule has 0 amide bonds. The highest BCUT2D eigenvalue weighted by atomic mass is 16.6. The molecular formula is C77H126O6. The van der Waals surface area contributed by atoms with E-state index in [-0.39, 0.29) is 31.1 Å². The van der Waals surface area contributed by atoms with E-state index in [9.17, 15) is 14.4 Å². The number of hydrogen-bond donors (Lipinski definition) is 0. The lowest BCUT2D eigenvalue weighted by Crippen LogP contribution is -2.30. The quantitative estimate of drug-likeness (QED) is 0.0261. The zero-order valence-corrected chi connectivity index (χ0v) is 53.9. The lowest BCUT2D eigenvalue weighted by atomic mass is 10.0. The van der Waals surface area contributed by atoms with Gasteiger partial charge >= 0.3 is 17.9 Å². The minimum absolute atomic E-state index is 0.0975. The van der Waals surface area contributed by atoms with Crippen LogP contribution in [0.4, 0.5) is 0 Å². The summed E-state index contributed by atoms with van der Waals surface area (Å²) in [6.07, 6.45) is 100. The van der Waals surface area contributed by atoms with E-state index in [1.807, 2.05) is 0 Å². The third-order valence-electron chi connectivity index (χ3n) is 14.3. The van der Waals surface area contributed by atoms with Gasteiger partial charge in [0.2, 0.25) is 0 Å². The summed E-state index contributed by atoms with van der Waals surface area (Å²) in [5.41, 5.74) is 0. The summed E-state index contributed by atoms with van der Waals surface area (Å²) in [5.74, 6) is -0.946. The maximum atomic E-state index is 12.9. The fourth-order valence-corrected chi connectivity index (χ4v) is 9.30. The minimum Gasteiger partial charge on any atom is -0.462 e. The molecule has 1 unspecified atom stereocenters. The lowest BCUT2D eigenvalue weighted by molar-refractivity contribution is -0.167. The molecule has 0 aromatic carbocycles. The van der Waals surface area contributed by atoms with Crippen molar-refractivity contribution in [3.05, 3.63) is 146 Å². The molecule has 6 nitrogen and oxygen atoms in total. The number of carbonyl (C=O) groups is 3. The fourth-order valence-electron chi connectivity index (χ4n) is 9.30. The molecule has 83 heavy (non-hydrogen) atoms. The molecule has 0 saturated heterocycles. The molecule has 0 spiro atoms. The third-order valence-corrected chi connectivity index (χ3v) is 14.3. The lowest BCUT2D eigenvalue weighted by Gasteiger charge is -2.18. The molecule has 0 radical (unpaired) electrons. The second-order valence-electron chi connectivity index (χ2n) is 22.3. The van der Waals surface area contributed by atoms with E-state index in [2.05, 4.69) is 167 Å². The summed E-state index contributed by atoms with van der Waals surface area (Å²) >= 11 is 0. The van der Waals surface area contributed by atoms with Crippen molar-refractivity contribution in [1.29, 1.82) is 0 Å². The number of ether oxygens (including phenoxy) is 3. The molecule has 6 heteroatoms. The van der Waals surface area contributed by atoms with Crippen molar-refractivity contribution in [3.63, 3.8) is 0 Å². The van der Waals surface area contributed by atoms with Crippen LogP contribution in [0, 0.1) is 0 Å². The van der Waals surface area contributed by atoms with Gasteiger partial charge in [-0.3, -0.25) is 14.4 Å². The molecule has 0 fully saturated rings. The number of esters is 3. The smallest absolute Gasteiger partial charge is 0.306 e. The Morgan fingerprint density at radius 1 is 0.241 bits per heavy atom. The minimum atomic E-state index is -0.806. The largest absolute Gasteiger partial charge is 0.462 e. The monoisotopic (exact) mass is 1150 g/mol. The Bertz CT molecular complexity index is 1800. The van der Waals surface area contributed by atoms with Gasteiger partial charge in [0.15, 0.2) is 6.10 Å². The first-order valence-corrected chi connectivity index (χ1v) is 34.3. The Balaban J connectivity index is 4.26. The van der Waals surface area contributed by atoms with Crippen LogP contribution in [-0.2, 0) is 28.6 Å². The van der Waals surface area contributed by atoms with E-state index in [0.29, 0.717) is 19.3 Å². The van der Waals surface area contributed by atoms with Crippen molar-refractivity contribution in [2.75, 3.05) is 13.2 Å². The number of carbonyl (C=O) groups excluding carboxylic acids is 3. The number of hydrogen-bond acceptors (Lipinski definition) is 6. The zero-order chi connectivity index (χ0) is 59.9. The molecule has 0 saturated carbocycles. The number of unbranched alkanes of at least 4 members (excludes halogenated alkanes) is 26. The molecule has 0 aliphatic heterocycles. The van der Waals surface area contributed by atoms with Crippen LogP contribution >= 0.6 is 0 Å². The topological polar surface area (TPSA) is 78.9 Å². The van der Waals surface area contributed by atoms with Crippen LogP contribution in [0.25, 0.3) is 0 Å². The standard InChI is InChI=1S/C77H126O6/c1-4-7-10-13-16-19-22-25-28-30-31-32-33-34-35-36-37-38-39-40-41-42-43-44-45-47-49-52-55-58-61-64-67-70-76(79)82-73-74(72-81-75(78)69-66-63-60-57-54-51-48-27-24-21-18-15-12-9-6-3)83-77(80)71-68-65-62-59-56-53-50-46-29-26-23-20-17-14-11-8-5-2/h7-12,16-21,25-29,31-32,34-35,48,54,57,74H,4-6,13-15,22-24,30,33,36-47,49-53,55-56,58-73H2,1-3H3/b10-7-,11-8-,12-9-,19-16-,20-17-,21-18-,28-25-,29-26-,32-31-,35-34-,48-27-,57-54-. The van der Waals surface area contributed by atoms with Gasteiger partial charge in [0.05, 0.1) is 0 Å². The van der Waals surface area contributed by atoms with E-state index in [1.54, 1.807) is 0 Å². The molecule has 0 rings (SSSR count). The van der Waals surface area contributed by atoms with Crippen LogP contribution in [0.2, 0.25) is 0 Å². The molecule has 0 heterocycles. The highest BCUT2D eigenvalue weighted by Crippen LogP contribution is 2.17. The van der Waals surface area contributed by atoms with Gasteiger partial charge in [-0.2, -0.15) is 0 Å². The van der Waals surface area contributed by atoms with Gasteiger partial charge in [-0.1, -0.05) is 295 Å². The van der Waals surface area contributed by atoms with Gasteiger partial charge in [-0.15, -0.1) is 0 Å². The number of allylic oxidation sites excluding steroid dienone is 24. The highest BCUT2D eigenvalue weighted by molar-refractivity contribution is 5.71. The first-order valence-electron chi connectivity index (χ1n) is 34.3. The molecule has 0 N–H and O–H groups in total. The fraction of sp³-hybridized carbons (Fsp3) is 0.649. The first kappa shape index (κ1) is 78.3. The summed E-state index contributed by atoms with van der Waals surface area (Å²) in [5, 5.41) is 0. The van der Waals surface area contributed by atoms with Crippen LogP contribution in [0.1, 0.15) is 303 Å². The maximum absolute atomic E-state index is 12.9. The van der Waals surface area contributed by atoms with Crippen molar-refractivity contribution in [1.82, 2.24) is 0 Å². The molecule has 0 bridgehead atoms. The molecular weight excluding hydrogens is 1020 g/mol. The Kier molecular flexibility index (Phi) is 65.8. The first-order chi connectivity index (χ1) is 41.0. The Labute approximate surface area is 512 Å². The van der Waals surface area contributed by atoms with E-state index < -0.39 is 6.10 Å². The zero-order valence-electron chi connectivity index (χ0n) is 53.9. The van der Waals surface area contributed by atoms with E-state index >= 15 is 0 Å². The summed E-state index contributed by atoms with van der Waals surface area (Å²) < 4.78 is 16.9. The van der Waals surface area contributed by atoms with Gasteiger partial charge in [0, 0.05) is 19.3 Å². The number of rotatable bonds is 61. The molecule has 0 aromatic heterocycles. The predicted molar refractivity (Wildman–Crippen MR) is 362 cm³/mol. The Hall–Kier alpha value is -4.71. The average molecular weight is 1150 g/mol. The van der Waals surface area contributed by atoms with Gasteiger partial charge in [-0.05, 0) is 135 Å². The third kappa shape index (κ3) is 68.0. The average Bonchev–Trinajstić information content (AvgIpc) is 3.49. The Morgan fingerprint density at radius 3 is 0.699 bits per heavy atom. The molecule has 470 valence electrons. The Morgan fingerprint density at radius 2 is 0.434 bits per heavy atom. The SMILES string of the molecule is CC/C=C\C/C=C\C/C=C\C/C=C\C/C=C\CCCCCCCCCCCCCCCCCCCC(=O)OCC(COC(=O)CCCC/C=C\C/C=C\C/C=C\C/C=C\CC)OC(=O)CCCCCCCCC/C=C\C/C=C\C/C=C\CC. The normalized spacial score (nSPS) is 13.0. The van der Waals surface area contributed by atoms with E-state index in [4.69, 9.17) is 14.2 Å². The van der Waals surface area contributed by atoms with Crippen molar-refractivity contribution < 1.29 is 28.6 Å². The second-order valence-corrected chi connectivity index (χ2v) is 22.3. The van der Waals surface area contributed by atoms with Crippen LogP contribution in [0.3, 0.4) is 0 Å². The van der Waals surface area contributed by atoms with Crippen LogP contribution in [-0.4, -0.2) is 37.2 Å². The summed E-state index contributed by atoms with van der Waals surface area (Å²) in [6, 6.07) is 0. The summed E-state index contributed by atoms with van der Waals surface area (Å²) in [7, 11) is 0. The van der Waals surface area contributed by atoms with Gasteiger partial charge in [-0.25, -0.2) is 0 Å². The summed E-state index contributed by atoms with van der Waals surface area (Å²) in [4.78, 5) is 38.4. The predicted octanol–water partition coefficient (Wildman–Crippen LogP) is 23.9. The van der Waals surface area contributed by atoms with Gasteiger partial charge in [0.1, 0.15) is 13.2 Å². The molecule has 0 aliphatic rings. The van der Waals surface area contributed by atoms with Crippen molar-refractivity contribution in [2.24, 2.45) is 0 Å². The highest BCUT2D eigenvalue weighted by Gasteiger charge is 2.19. The van der Waals surface area contributed by atoms with Crippen LogP contribution in [0.5, 0.6) is 0 Å². The molecule has 0 aromatic rings. The van der Waals surface area contributed by atoms with Crippen LogP contribution < -0.4 is 0 Å². The van der Waals surface area contributed by atoms with Crippen molar-refractivity contribution in [3.8, 4) is 0 Å². The van der Waals surface area contributed by atoms with Crippen molar-refractivity contribution >= 4 is 17.9 Å². The van der Waals surface area contributed by atoms with E-state index in [0.717, 1.165) is 141 Å². The maximum Gasteiger partial charge on any atom is 0.306 e. The van der Waals surface area contributed by atoms with Gasteiger partial charge in [0.25, 0.3) is 0 Å². The summed E-state index contributed by atoms with van der Waals surface area (Å²) in [6.45, 7) is 6.27. The van der Waals surface area contributed by atoms with E-state index in [1.165, 1.54) is 122 Å². The second kappa shape index (κ2) is 69.8. The molecule has 1 atom stereocenters.